The molecule has 0 amide bonds. The summed E-state index contributed by atoms with van der Waals surface area (Å²) in [5, 5.41) is 14.1. The molecule has 2 aliphatic rings. The van der Waals surface area contributed by atoms with Gasteiger partial charge in [0, 0.05) is 16.4 Å². The Bertz CT molecular complexity index is 545. The van der Waals surface area contributed by atoms with Gasteiger partial charge in [-0.05, 0) is 23.9 Å². The van der Waals surface area contributed by atoms with Gasteiger partial charge in [0.2, 0.25) is 0 Å². The van der Waals surface area contributed by atoms with Gasteiger partial charge in [-0.2, -0.15) is 0 Å². The lowest BCUT2D eigenvalue weighted by Gasteiger charge is -2.44. The van der Waals surface area contributed by atoms with Crippen LogP contribution in [-0.4, -0.2) is 38.9 Å². The van der Waals surface area contributed by atoms with Gasteiger partial charge in [0.15, 0.2) is 0 Å². The van der Waals surface area contributed by atoms with Crippen LogP contribution >= 0.6 is 23.5 Å². The van der Waals surface area contributed by atoms with Crippen molar-refractivity contribution in [3.05, 3.63) is 46.3 Å². The lowest BCUT2D eigenvalue weighted by molar-refractivity contribution is -0.0272. The molecule has 1 saturated heterocycles. The predicted octanol–water partition coefficient (Wildman–Crippen LogP) is 3.58. The Morgan fingerprint density at radius 3 is 2.73 bits per heavy atom. The molecular weight excluding hydrogens is 318 g/mol. The number of ether oxygens (including phenoxy) is 1. The van der Waals surface area contributed by atoms with Gasteiger partial charge >= 0.3 is 0 Å². The van der Waals surface area contributed by atoms with Crippen LogP contribution in [-0.2, 0) is 11.3 Å². The highest BCUT2D eigenvalue weighted by Crippen LogP contribution is 2.54. The van der Waals surface area contributed by atoms with Crippen molar-refractivity contribution < 1.29 is 9.84 Å². The molecule has 3 atom stereocenters. The van der Waals surface area contributed by atoms with E-state index in [0.717, 1.165) is 17.1 Å². The van der Waals surface area contributed by atoms with Crippen LogP contribution in [0.5, 0.6) is 0 Å². The van der Waals surface area contributed by atoms with Crippen molar-refractivity contribution in [2.75, 3.05) is 11.5 Å². The zero-order valence-corrected chi connectivity index (χ0v) is 13.8. The predicted molar refractivity (Wildman–Crippen MR) is 90.8 cm³/mol. The van der Waals surface area contributed by atoms with Crippen molar-refractivity contribution in [1.29, 1.82) is 0 Å². The van der Waals surface area contributed by atoms with Crippen LogP contribution < -0.4 is 0 Å². The fraction of sp³-hybridized carbons (Fsp3) is 0.600. The molecule has 1 aromatic carbocycles. The first-order chi connectivity index (χ1) is 10.7. The van der Waals surface area contributed by atoms with E-state index in [1.54, 1.807) is 0 Å². The fourth-order valence-corrected chi connectivity index (χ4v) is 6.74. The van der Waals surface area contributed by atoms with Crippen molar-refractivity contribution in [1.82, 2.24) is 0 Å². The monoisotopic (exact) mass is 337 g/mol. The van der Waals surface area contributed by atoms with Crippen LogP contribution in [0.25, 0.3) is 10.4 Å². The van der Waals surface area contributed by atoms with Gasteiger partial charge in [-0.1, -0.05) is 35.4 Å². The number of rotatable bonds is 4. The normalized spacial score (nSPS) is 30.1. The molecule has 1 aliphatic carbocycles. The molecular formula is C15H19N3O2S2. The van der Waals surface area contributed by atoms with Crippen LogP contribution in [0.4, 0.5) is 0 Å². The van der Waals surface area contributed by atoms with Gasteiger partial charge in [-0.25, -0.2) is 0 Å². The van der Waals surface area contributed by atoms with Gasteiger partial charge < -0.3 is 9.84 Å². The average molecular weight is 337 g/mol. The first-order valence-electron chi connectivity index (χ1n) is 7.39. The minimum absolute atomic E-state index is 0.162. The van der Waals surface area contributed by atoms with Gasteiger partial charge in [0.1, 0.15) is 0 Å². The molecule has 1 N–H and O–H groups in total. The van der Waals surface area contributed by atoms with E-state index in [2.05, 4.69) is 10.0 Å². The van der Waals surface area contributed by atoms with Crippen LogP contribution in [0.1, 0.15) is 18.4 Å². The Morgan fingerprint density at radius 2 is 2.05 bits per heavy atom. The Kier molecular flexibility index (Phi) is 5.21. The third kappa shape index (κ3) is 3.39. The number of aliphatic hydroxyl groups excluding tert-OH is 1. The van der Waals surface area contributed by atoms with E-state index in [-0.39, 0.29) is 16.2 Å². The first kappa shape index (κ1) is 16.0. The first-order valence-corrected chi connectivity index (χ1v) is 9.36. The van der Waals surface area contributed by atoms with E-state index < -0.39 is 6.10 Å². The number of nitrogens with zero attached hydrogens (tertiary/aromatic N) is 3. The van der Waals surface area contributed by atoms with Crippen molar-refractivity contribution in [3.8, 4) is 0 Å². The SMILES string of the molecule is [N-]=[N+]=N[C@@H]1C[C@@H](O)CC2(SCCS2)[C@H]1OCc1ccccc1. The van der Waals surface area contributed by atoms with Gasteiger partial charge in [0.05, 0.1) is 28.9 Å². The molecule has 7 heteroatoms. The zero-order valence-electron chi connectivity index (χ0n) is 12.2. The summed E-state index contributed by atoms with van der Waals surface area (Å²) >= 11 is 3.67. The topological polar surface area (TPSA) is 78.2 Å². The summed E-state index contributed by atoms with van der Waals surface area (Å²) in [4.78, 5) is 2.97. The summed E-state index contributed by atoms with van der Waals surface area (Å²) in [6, 6.07) is 9.71. The largest absolute Gasteiger partial charge is 0.393 e. The number of hydrogen-bond donors (Lipinski definition) is 1. The molecule has 0 radical (unpaired) electrons. The lowest BCUT2D eigenvalue weighted by Crippen LogP contribution is -2.51. The minimum atomic E-state index is -0.426. The molecule has 1 spiro atoms. The number of hydrogen-bond acceptors (Lipinski definition) is 5. The van der Waals surface area contributed by atoms with Crippen molar-refractivity contribution in [2.45, 2.75) is 41.8 Å². The molecule has 1 heterocycles. The third-order valence-corrected chi connectivity index (χ3v) is 7.62. The van der Waals surface area contributed by atoms with E-state index in [0.29, 0.717) is 19.4 Å². The second-order valence-electron chi connectivity index (χ2n) is 5.59. The van der Waals surface area contributed by atoms with E-state index in [9.17, 15) is 5.11 Å². The van der Waals surface area contributed by atoms with E-state index in [1.165, 1.54) is 0 Å². The Hall–Kier alpha value is -0.850. The maximum atomic E-state index is 10.2. The summed E-state index contributed by atoms with van der Waals surface area (Å²) in [6.45, 7) is 0.502. The van der Waals surface area contributed by atoms with Crippen LogP contribution in [0.15, 0.2) is 35.4 Å². The second-order valence-corrected chi connectivity index (χ2v) is 8.70. The van der Waals surface area contributed by atoms with E-state index >= 15 is 0 Å². The maximum Gasteiger partial charge on any atom is 0.0904 e. The highest BCUT2D eigenvalue weighted by atomic mass is 32.2. The minimum Gasteiger partial charge on any atom is -0.393 e. The highest BCUT2D eigenvalue weighted by molar-refractivity contribution is 8.21. The van der Waals surface area contributed by atoms with E-state index in [4.69, 9.17) is 10.3 Å². The molecule has 22 heavy (non-hydrogen) atoms. The van der Waals surface area contributed by atoms with Gasteiger partial charge in [0.25, 0.3) is 0 Å². The van der Waals surface area contributed by atoms with Crippen LogP contribution in [0.3, 0.4) is 0 Å². The van der Waals surface area contributed by atoms with E-state index in [1.807, 2.05) is 53.9 Å². The van der Waals surface area contributed by atoms with Crippen molar-refractivity contribution in [3.63, 3.8) is 0 Å². The molecule has 0 aromatic heterocycles. The zero-order chi connectivity index (χ0) is 15.4. The highest BCUT2D eigenvalue weighted by Gasteiger charge is 2.52. The molecule has 0 unspecified atom stereocenters. The second kappa shape index (κ2) is 7.15. The van der Waals surface area contributed by atoms with Crippen LogP contribution in [0, 0.1) is 0 Å². The van der Waals surface area contributed by atoms with Crippen LogP contribution in [0.2, 0.25) is 0 Å². The molecule has 1 aliphatic heterocycles. The molecule has 1 saturated carbocycles. The smallest absolute Gasteiger partial charge is 0.0904 e. The summed E-state index contributed by atoms with van der Waals surface area (Å²) in [5.74, 6) is 2.09. The molecule has 1 aromatic rings. The Balaban J connectivity index is 1.79. The number of benzene rings is 1. The Labute approximate surface area is 138 Å². The summed E-state index contributed by atoms with van der Waals surface area (Å²) in [5.41, 5.74) is 9.95. The average Bonchev–Trinajstić information content (AvgIpc) is 2.96. The third-order valence-electron chi connectivity index (χ3n) is 4.07. The molecule has 118 valence electrons. The quantitative estimate of drug-likeness (QED) is 0.517. The molecule has 2 fully saturated rings. The fourth-order valence-electron chi connectivity index (χ4n) is 3.15. The number of aliphatic hydroxyl groups is 1. The summed E-state index contributed by atoms with van der Waals surface area (Å²) < 4.78 is 6.01. The summed E-state index contributed by atoms with van der Waals surface area (Å²) in [7, 11) is 0. The molecule has 0 bridgehead atoms. The van der Waals surface area contributed by atoms with Gasteiger partial charge in [-0.3, -0.25) is 0 Å². The standard InChI is InChI=1S/C15H19N3O2S2/c16-18-17-13-8-12(19)9-15(21-6-7-22-15)14(13)20-10-11-4-2-1-3-5-11/h1-5,12-14,19H,6-10H2/t12-,13-,14+/m1/s1. The number of azide groups is 1. The number of thioether (sulfide) groups is 2. The van der Waals surface area contributed by atoms with Crippen molar-refractivity contribution in [2.24, 2.45) is 5.11 Å². The maximum absolute atomic E-state index is 10.2. The summed E-state index contributed by atoms with van der Waals surface area (Å²) in [6.07, 6.45) is 0.584. The van der Waals surface area contributed by atoms with Crippen molar-refractivity contribution >= 4 is 23.5 Å². The lowest BCUT2D eigenvalue weighted by atomic mass is 9.89. The molecule has 5 nitrogen and oxygen atoms in total. The Morgan fingerprint density at radius 1 is 1.32 bits per heavy atom. The van der Waals surface area contributed by atoms with Gasteiger partial charge in [-0.15, -0.1) is 23.5 Å². The molecule has 3 rings (SSSR count).